The van der Waals surface area contributed by atoms with Gasteiger partial charge in [0, 0.05) is 1.37 Å². The molecule has 2 unspecified atom stereocenters. The standard InChI is InChI=1S/C27H48/c1-19(2)9-8-10-20(3)23-14-15-24-22-13-12-21-11-6-7-17-26(21,4)25(22)16-18-27(23,24)5/h19-25H,6-18H2,1-5H3/t20-,21?,22+,23-,24+,25+,26+,27-/m1/s1/i6D/t6?,20-,21?,22+,23-,24+,25+,26+,27-. The van der Waals surface area contributed by atoms with Crippen LogP contribution in [0.3, 0.4) is 0 Å². The summed E-state index contributed by atoms with van der Waals surface area (Å²) >= 11 is 0. The Hall–Kier alpha value is 0. The second kappa shape index (κ2) is 7.68. The third kappa shape index (κ3) is 3.44. The van der Waals surface area contributed by atoms with E-state index in [1.54, 1.807) is 0 Å². The molecule has 4 fully saturated rings. The lowest BCUT2D eigenvalue weighted by Crippen LogP contribution is -2.53. The molecule has 0 aromatic rings. The maximum atomic E-state index is 8.32. The maximum absolute atomic E-state index is 8.32. The van der Waals surface area contributed by atoms with Gasteiger partial charge < -0.3 is 0 Å². The summed E-state index contributed by atoms with van der Waals surface area (Å²) in [7, 11) is 0. The van der Waals surface area contributed by atoms with E-state index in [2.05, 4.69) is 34.6 Å². The maximum Gasteiger partial charge on any atom is 0.0267 e. The Bertz CT molecular complexity index is 540. The molecule has 0 nitrogen and oxygen atoms in total. The van der Waals surface area contributed by atoms with Gasteiger partial charge >= 0.3 is 0 Å². The summed E-state index contributed by atoms with van der Waals surface area (Å²) in [6, 6.07) is 0. The molecule has 0 amide bonds. The van der Waals surface area contributed by atoms with E-state index >= 15 is 0 Å². The topological polar surface area (TPSA) is 0 Å². The van der Waals surface area contributed by atoms with E-state index in [0.717, 1.165) is 41.4 Å². The molecule has 0 radical (unpaired) electrons. The highest BCUT2D eigenvalue weighted by Crippen LogP contribution is 2.68. The summed E-state index contributed by atoms with van der Waals surface area (Å²) in [6.07, 6.45) is 17.3. The van der Waals surface area contributed by atoms with Gasteiger partial charge in [0.1, 0.15) is 0 Å². The molecule has 4 aliphatic carbocycles. The molecule has 0 spiro atoms. The van der Waals surface area contributed by atoms with Crippen LogP contribution < -0.4 is 0 Å². The number of hydrogen-bond donors (Lipinski definition) is 0. The van der Waals surface area contributed by atoms with Gasteiger partial charge in [0.25, 0.3) is 0 Å². The molecule has 4 saturated carbocycles. The minimum absolute atomic E-state index is 0.242. The van der Waals surface area contributed by atoms with Crippen molar-refractivity contribution in [1.82, 2.24) is 0 Å². The fourth-order valence-corrected chi connectivity index (χ4v) is 9.07. The van der Waals surface area contributed by atoms with Crippen molar-refractivity contribution in [3.05, 3.63) is 0 Å². The zero-order valence-corrected chi connectivity index (χ0v) is 19.1. The van der Waals surface area contributed by atoms with E-state index in [-0.39, 0.29) is 6.40 Å². The fraction of sp³-hybridized carbons (Fsp3) is 1.00. The summed E-state index contributed by atoms with van der Waals surface area (Å²) in [5.41, 5.74) is 1.21. The van der Waals surface area contributed by atoms with Crippen molar-refractivity contribution in [1.29, 1.82) is 0 Å². The first-order valence-electron chi connectivity index (χ1n) is 13.3. The quantitative estimate of drug-likeness (QED) is 0.453. The fourth-order valence-electron chi connectivity index (χ4n) is 9.07. The zero-order chi connectivity index (χ0) is 20.1. The SMILES string of the molecule is [2H]C1CC[C@@]2(C)C(CC[C@H]3[C@@H]4CC[C@H]([C@H](C)CCCC(C)C)[C@@]4(C)CC[C@@H]32)C1. The largest absolute Gasteiger partial charge is 0.0628 e. The normalized spacial score (nSPS) is 51.3. The number of rotatable bonds is 5. The average molecular weight is 374 g/mol. The highest BCUT2D eigenvalue weighted by atomic mass is 14.6. The summed E-state index contributed by atoms with van der Waals surface area (Å²) in [4.78, 5) is 0. The highest BCUT2D eigenvalue weighted by Gasteiger charge is 2.59. The van der Waals surface area contributed by atoms with Gasteiger partial charge in [-0.25, -0.2) is 0 Å². The monoisotopic (exact) mass is 373 g/mol. The predicted octanol–water partition coefficient (Wildman–Crippen LogP) is 8.50. The van der Waals surface area contributed by atoms with Crippen LogP contribution in [0.2, 0.25) is 0 Å². The average Bonchev–Trinajstić information content (AvgIpc) is 2.99. The predicted molar refractivity (Wildman–Crippen MR) is 118 cm³/mol. The van der Waals surface area contributed by atoms with Crippen LogP contribution in [0.15, 0.2) is 0 Å². The van der Waals surface area contributed by atoms with Crippen molar-refractivity contribution in [2.75, 3.05) is 0 Å². The van der Waals surface area contributed by atoms with Crippen molar-refractivity contribution in [2.45, 2.75) is 118 Å². The Kier molecular flexibility index (Phi) is 5.40. The van der Waals surface area contributed by atoms with Gasteiger partial charge in [-0.05, 0) is 104 Å². The lowest BCUT2D eigenvalue weighted by atomic mass is 9.44. The van der Waals surface area contributed by atoms with E-state index in [1.165, 1.54) is 77.0 Å². The third-order valence-corrected chi connectivity index (χ3v) is 10.6. The molecule has 0 aromatic carbocycles. The molecule has 4 rings (SSSR count). The molecular weight excluding hydrogens is 324 g/mol. The van der Waals surface area contributed by atoms with Gasteiger partial charge in [0.05, 0.1) is 0 Å². The Morgan fingerprint density at radius 1 is 0.852 bits per heavy atom. The first-order valence-corrected chi connectivity index (χ1v) is 12.7. The molecule has 0 aliphatic heterocycles. The van der Waals surface area contributed by atoms with Gasteiger partial charge in [0.15, 0.2) is 0 Å². The molecule has 4 aliphatic rings. The molecule has 9 atom stereocenters. The highest BCUT2D eigenvalue weighted by molar-refractivity contribution is 5.09. The molecule has 156 valence electrons. The van der Waals surface area contributed by atoms with E-state index in [9.17, 15) is 0 Å². The second-order valence-corrected chi connectivity index (χ2v) is 12.3. The molecule has 0 aromatic heterocycles. The first kappa shape index (κ1) is 19.0. The van der Waals surface area contributed by atoms with Crippen LogP contribution in [0.25, 0.3) is 0 Å². The summed E-state index contributed by atoms with van der Waals surface area (Å²) in [5.74, 6) is 6.64. The molecular formula is C27H48. The lowest BCUT2D eigenvalue weighted by Gasteiger charge is -2.61. The van der Waals surface area contributed by atoms with Gasteiger partial charge in [0.2, 0.25) is 0 Å². The Morgan fingerprint density at radius 2 is 1.63 bits per heavy atom. The van der Waals surface area contributed by atoms with Crippen LogP contribution in [0.1, 0.15) is 119 Å². The summed E-state index contributed by atoms with van der Waals surface area (Å²) < 4.78 is 8.32. The Labute approximate surface area is 172 Å². The minimum Gasteiger partial charge on any atom is -0.0628 e. The molecule has 0 saturated heterocycles. The van der Waals surface area contributed by atoms with E-state index in [1.807, 2.05) is 0 Å². The third-order valence-electron chi connectivity index (χ3n) is 10.6. The summed E-state index contributed by atoms with van der Waals surface area (Å²) in [6.45, 7) is 12.7. The molecule has 0 bridgehead atoms. The van der Waals surface area contributed by atoms with Crippen molar-refractivity contribution in [3.63, 3.8) is 0 Å². The van der Waals surface area contributed by atoms with Crippen LogP contribution in [0.4, 0.5) is 0 Å². The van der Waals surface area contributed by atoms with Crippen molar-refractivity contribution >= 4 is 0 Å². The van der Waals surface area contributed by atoms with Crippen molar-refractivity contribution in [3.8, 4) is 0 Å². The smallest absolute Gasteiger partial charge is 0.0267 e. The van der Waals surface area contributed by atoms with Crippen LogP contribution in [-0.2, 0) is 0 Å². The number of hydrogen-bond acceptors (Lipinski definition) is 0. The molecule has 0 heterocycles. The van der Waals surface area contributed by atoms with Gasteiger partial charge in [-0.15, -0.1) is 0 Å². The number of fused-ring (bicyclic) bond motifs is 5. The first-order chi connectivity index (χ1) is 13.3. The van der Waals surface area contributed by atoms with Gasteiger partial charge in [-0.1, -0.05) is 66.7 Å². The van der Waals surface area contributed by atoms with Crippen LogP contribution >= 0.6 is 0 Å². The van der Waals surface area contributed by atoms with E-state index < -0.39 is 0 Å². The van der Waals surface area contributed by atoms with Gasteiger partial charge in [-0.3, -0.25) is 0 Å². The van der Waals surface area contributed by atoms with E-state index in [0.29, 0.717) is 10.8 Å². The lowest BCUT2D eigenvalue weighted by molar-refractivity contribution is -0.114. The second-order valence-electron chi connectivity index (χ2n) is 12.3. The summed E-state index contributed by atoms with van der Waals surface area (Å²) in [5, 5.41) is 0. The molecule has 0 N–H and O–H groups in total. The van der Waals surface area contributed by atoms with Crippen LogP contribution in [0.5, 0.6) is 0 Å². The minimum atomic E-state index is 0.242. The van der Waals surface area contributed by atoms with Gasteiger partial charge in [-0.2, -0.15) is 0 Å². The Morgan fingerprint density at radius 3 is 2.41 bits per heavy atom. The van der Waals surface area contributed by atoms with Crippen molar-refractivity contribution < 1.29 is 1.37 Å². The van der Waals surface area contributed by atoms with Crippen molar-refractivity contribution in [2.24, 2.45) is 52.3 Å². The molecule has 0 heteroatoms. The van der Waals surface area contributed by atoms with Crippen LogP contribution in [-0.4, -0.2) is 0 Å². The zero-order valence-electron chi connectivity index (χ0n) is 20.1. The van der Waals surface area contributed by atoms with Crippen LogP contribution in [0, 0.1) is 52.3 Å². The van der Waals surface area contributed by atoms with E-state index in [4.69, 9.17) is 1.37 Å². The molecule has 27 heavy (non-hydrogen) atoms. The Balaban J connectivity index is 1.46.